The van der Waals surface area contributed by atoms with Crippen molar-refractivity contribution in [1.82, 2.24) is 14.1 Å². The summed E-state index contributed by atoms with van der Waals surface area (Å²) in [5, 5.41) is 3.72. The van der Waals surface area contributed by atoms with E-state index in [9.17, 15) is 9.59 Å². The average molecular weight is 262 g/mol. The zero-order chi connectivity index (χ0) is 14.2. The van der Waals surface area contributed by atoms with Crippen LogP contribution in [0.1, 0.15) is 18.9 Å². The molecule has 1 N–H and O–H groups in total. The monoisotopic (exact) mass is 262 g/mol. The number of hydrogen-bond acceptors (Lipinski definition) is 4. The van der Waals surface area contributed by atoms with E-state index in [-0.39, 0.29) is 11.2 Å². The van der Waals surface area contributed by atoms with Gasteiger partial charge >= 0.3 is 5.69 Å². The van der Waals surface area contributed by atoms with E-state index in [1.807, 2.05) is 6.92 Å². The van der Waals surface area contributed by atoms with Crippen molar-refractivity contribution < 1.29 is 0 Å². The van der Waals surface area contributed by atoms with Gasteiger partial charge in [-0.05, 0) is 18.9 Å². The summed E-state index contributed by atoms with van der Waals surface area (Å²) in [6.07, 6.45) is 2.63. The molecule has 0 radical (unpaired) electrons. The number of pyridine rings is 1. The molecular formula is C13H18N4O2. The lowest BCUT2D eigenvalue weighted by atomic mass is 10.2. The summed E-state index contributed by atoms with van der Waals surface area (Å²) in [7, 11) is 3.10. The van der Waals surface area contributed by atoms with Crippen LogP contribution in [0.4, 0.5) is 5.69 Å². The molecule has 0 aromatic carbocycles. The van der Waals surface area contributed by atoms with E-state index in [0.717, 1.165) is 28.8 Å². The number of aromatic nitrogens is 3. The van der Waals surface area contributed by atoms with Crippen LogP contribution in [-0.4, -0.2) is 20.7 Å². The zero-order valence-electron chi connectivity index (χ0n) is 11.6. The summed E-state index contributed by atoms with van der Waals surface area (Å²) in [5.74, 6) is 0. The SMILES string of the molecule is CCCNc1c(C)cnc2c1c(=O)n(C)c(=O)n2C. The van der Waals surface area contributed by atoms with E-state index in [2.05, 4.69) is 17.2 Å². The predicted molar refractivity (Wildman–Crippen MR) is 75.7 cm³/mol. The van der Waals surface area contributed by atoms with E-state index in [1.54, 1.807) is 13.2 Å². The highest BCUT2D eigenvalue weighted by atomic mass is 16.2. The number of nitrogens with zero attached hydrogens (tertiary/aromatic N) is 3. The lowest BCUT2D eigenvalue weighted by molar-refractivity contribution is 0.707. The van der Waals surface area contributed by atoms with Crippen molar-refractivity contribution in [1.29, 1.82) is 0 Å². The van der Waals surface area contributed by atoms with Crippen LogP contribution in [0.5, 0.6) is 0 Å². The third kappa shape index (κ3) is 2.03. The van der Waals surface area contributed by atoms with Gasteiger partial charge in [-0.15, -0.1) is 0 Å². The van der Waals surface area contributed by atoms with Crippen LogP contribution in [-0.2, 0) is 14.1 Å². The molecule has 102 valence electrons. The van der Waals surface area contributed by atoms with Gasteiger partial charge in [0.25, 0.3) is 5.56 Å². The van der Waals surface area contributed by atoms with Crippen LogP contribution in [0.25, 0.3) is 11.0 Å². The fraction of sp³-hybridized carbons (Fsp3) is 0.462. The summed E-state index contributed by atoms with van der Waals surface area (Å²) in [4.78, 5) is 28.4. The van der Waals surface area contributed by atoms with Crippen LogP contribution in [0.15, 0.2) is 15.8 Å². The number of nitrogens with one attached hydrogen (secondary N) is 1. The van der Waals surface area contributed by atoms with Crippen molar-refractivity contribution >= 4 is 16.7 Å². The highest BCUT2D eigenvalue weighted by Gasteiger charge is 2.14. The van der Waals surface area contributed by atoms with Crippen molar-refractivity contribution in [2.24, 2.45) is 14.1 Å². The van der Waals surface area contributed by atoms with E-state index in [0.29, 0.717) is 11.0 Å². The Kier molecular flexibility index (Phi) is 3.42. The fourth-order valence-electron chi connectivity index (χ4n) is 2.10. The number of rotatable bonds is 3. The first kappa shape index (κ1) is 13.3. The van der Waals surface area contributed by atoms with E-state index < -0.39 is 0 Å². The van der Waals surface area contributed by atoms with Gasteiger partial charge in [-0.1, -0.05) is 6.92 Å². The number of anilines is 1. The molecule has 0 aliphatic carbocycles. The first-order valence-electron chi connectivity index (χ1n) is 6.28. The number of hydrogen-bond donors (Lipinski definition) is 1. The van der Waals surface area contributed by atoms with E-state index in [1.165, 1.54) is 11.6 Å². The molecule has 2 aromatic heterocycles. The Morgan fingerprint density at radius 2 is 1.95 bits per heavy atom. The van der Waals surface area contributed by atoms with Gasteiger partial charge in [-0.3, -0.25) is 13.9 Å². The smallest absolute Gasteiger partial charge is 0.332 e. The van der Waals surface area contributed by atoms with Crippen LogP contribution in [0.3, 0.4) is 0 Å². The topological polar surface area (TPSA) is 68.9 Å². The maximum Gasteiger partial charge on any atom is 0.332 e. The maximum atomic E-state index is 12.3. The molecule has 0 unspecified atom stereocenters. The number of fused-ring (bicyclic) bond motifs is 1. The second-order valence-corrected chi connectivity index (χ2v) is 4.65. The molecule has 0 aliphatic heterocycles. The molecule has 2 aromatic rings. The van der Waals surface area contributed by atoms with Crippen molar-refractivity contribution in [3.63, 3.8) is 0 Å². The van der Waals surface area contributed by atoms with E-state index >= 15 is 0 Å². The van der Waals surface area contributed by atoms with Crippen LogP contribution >= 0.6 is 0 Å². The molecule has 6 heteroatoms. The molecule has 2 rings (SSSR count). The summed E-state index contributed by atoms with van der Waals surface area (Å²) >= 11 is 0. The van der Waals surface area contributed by atoms with Gasteiger partial charge in [-0.2, -0.15) is 0 Å². The summed E-state index contributed by atoms with van der Waals surface area (Å²) in [6.45, 7) is 4.72. The van der Waals surface area contributed by atoms with Crippen molar-refractivity contribution in [3.05, 3.63) is 32.6 Å². The minimum absolute atomic E-state index is 0.312. The molecule has 6 nitrogen and oxygen atoms in total. The Hall–Kier alpha value is -2.11. The van der Waals surface area contributed by atoms with Gasteiger partial charge in [0.05, 0.1) is 5.69 Å². The normalized spacial score (nSPS) is 10.9. The van der Waals surface area contributed by atoms with Gasteiger partial charge in [0.2, 0.25) is 0 Å². The third-order valence-electron chi connectivity index (χ3n) is 3.21. The van der Waals surface area contributed by atoms with Gasteiger partial charge in [0, 0.05) is 26.8 Å². The number of aryl methyl sites for hydroxylation is 2. The van der Waals surface area contributed by atoms with Crippen LogP contribution in [0.2, 0.25) is 0 Å². The van der Waals surface area contributed by atoms with E-state index in [4.69, 9.17) is 0 Å². The molecule has 0 atom stereocenters. The third-order valence-corrected chi connectivity index (χ3v) is 3.21. The molecule has 0 saturated carbocycles. The Labute approximate surface area is 110 Å². The van der Waals surface area contributed by atoms with Crippen molar-refractivity contribution in [3.8, 4) is 0 Å². The Balaban J connectivity index is 2.92. The minimum Gasteiger partial charge on any atom is -0.384 e. The second-order valence-electron chi connectivity index (χ2n) is 4.65. The molecule has 19 heavy (non-hydrogen) atoms. The summed E-state index contributed by atoms with van der Waals surface area (Å²) in [5.41, 5.74) is 1.40. The van der Waals surface area contributed by atoms with Gasteiger partial charge < -0.3 is 5.32 Å². The molecule has 0 fully saturated rings. The summed E-state index contributed by atoms with van der Waals surface area (Å²) in [6, 6.07) is 0. The van der Waals surface area contributed by atoms with Gasteiger partial charge in [0.15, 0.2) is 5.65 Å². The molecule has 0 bridgehead atoms. The first-order valence-corrected chi connectivity index (χ1v) is 6.28. The lowest BCUT2D eigenvalue weighted by Gasteiger charge is -2.13. The molecule has 2 heterocycles. The Bertz CT molecular complexity index is 743. The fourth-order valence-corrected chi connectivity index (χ4v) is 2.10. The molecule has 0 aliphatic rings. The van der Waals surface area contributed by atoms with Crippen molar-refractivity contribution in [2.75, 3.05) is 11.9 Å². The van der Waals surface area contributed by atoms with Crippen molar-refractivity contribution in [2.45, 2.75) is 20.3 Å². The van der Waals surface area contributed by atoms with Gasteiger partial charge in [0.1, 0.15) is 5.39 Å². The van der Waals surface area contributed by atoms with Crippen LogP contribution in [0, 0.1) is 6.92 Å². The molecule has 0 amide bonds. The highest BCUT2D eigenvalue weighted by Crippen LogP contribution is 2.21. The zero-order valence-corrected chi connectivity index (χ0v) is 11.6. The quantitative estimate of drug-likeness (QED) is 0.886. The standard InChI is InChI=1S/C13H18N4O2/c1-5-6-14-10-8(2)7-15-11-9(10)12(18)17(4)13(19)16(11)3/h7H,5-6H2,1-4H3,(H,14,15). The molecule has 0 saturated heterocycles. The average Bonchev–Trinajstić information content (AvgIpc) is 2.41. The second kappa shape index (κ2) is 4.87. The van der Waals surface area contributed by atoms with Crippen LogP contribution < -0.4 is 16.6 Å². The molecule has 0 spiro atoms. The molecular weight excluding hydrogens is 244 g/mol. The van der Waals surface area contributed by atoms with Gasteiger partial charge in [-0.25, -0.2) is 9.78 Å². The largest absolute Gasteiger partial charge is 0.384 e. The highest BCUT2D eigenvalue weighted by molar-refractivity contribution is 5.89. The Morgan fingerprint density at radius 1 is 1.26 bits per heavy atom. The maximum absolute atomic E-state index is 12.3. The minimum atomic E-state index is -0.365. The summed E-state index contributed by atoms with van der Waals surface area (Å²) < 4.78 is 2.51. The first-order chi connectivity index (χ1) is 8.99. The lowest BCUT2D eigenvalue weighted by Crippen LogP contribution is -2.37. The Morgan fingerprint density at radius 3 is 2.58 bits per heavy atom. The predicted octanol–water partition coefficient (Wildman–Crippen LogP) is 0.763.